The number of piperidine rings is 1. The van der Waals surface area contributed by atoms with Crippen LogP contribution in [0.5, 0.6) is 0 Å². The molecule has 15 heteroatoms. The minimum atomic E-state index is -1.97. The van der Waals surface area contributed by atoms with Crippen LogP contribution in [0.3, 0.4) is 0 Å². The lowest BCUT2D eigenvalue weighted by Gasteiger charge is -2.62. The highest BCUT2D eigenvalue weighted by atomic mass is 35.5. The molecule has 0 aromatic heterocycles. The van der Waals surface area contributed by atoms with Gasteiger partial charge in [0.2, 0.25) is 6.10 Å². The summed E-state index contributed by atoms with van der Waals surface area (Å²) < 4.78 is 50.6. The molecule has 2 heterocycles. The monoisotopic (exact) mass is 895 g/mol. The van der Waals surface area contributed by atoms with Gasteiger partial charge < -0.3 is 38.4 Å². The van der Waals surface area contributed by atoms with Crippen LogP contribution in [0.25, 0.3) is 0 Å². The van der Waals surface area contributed by atoms with Gasteiger partial charge in [0.15, 0.2) is 18.1 Å². The van der Waals surface area contributed by atoms with Gasteiger partial charge in [-0.3, -0.25) is 9.59 Å². The van der Waals surface area contributed by atoms with Crippen LogP contribution in [0, 0.1) is 22.7 Å². The first-order valence-corrected chi connectivity index (χ1v) is 22.4. The summed E-state index contributed by atoms with van der Waals surface area (Å²) in [6.45, 7) is 10.2. The molecule has 10 atom stereocenters. The van der Waals surface area contributed by atoms with Crippen molar-refractivity contribution in [2.24, 2.45) is 22.7 Å². The van der Waals surface area contributed by atoms with Crippen molar-refractivity contribution in [2.45, 2.75) is 135 Å². The largest absolute Gasteiger partial charge is 0.508 e. The number of benzene rings is 2. The van der Waals surface area contributed by atoms with Crippen LogP contribution < -0.4 is 0 Å². The molecular formula is C48H59ClFNO12. The number of fused-ring (bicyclic) bond motifs is 5. The van der Waals surface area contributed by atoms with Gasteiger partial charge >= 0.3 is 24.1 Å². The van der Waals surface area contributed by atoms with Gasteiger partial charge in [0.1, 0.15) is 18.8 Å². The number of Topliss-reactive ketones (excluding diaryl/α,β-unsaturated/α-hetero) is 1. The van der Waals surface area contributed by atoms with E-state index >= 15 is 9.18 Å². The van der Waals surface area contributed by atoms with E-state index in [4.69, 9.17) is 40.0 Å². The molecule has 2 saturated heterocycles. The van der Waals surface area contributed by atoms with Crippen molar-refractivity contribution in [3.63, 3.8) is 0 Å². The maximum Gasteiger partial charge on any atom is 0.508 e. The first-order valence-electron chi connectivity index (χ1n) is 22.1. The third kappa shape index (κ3) is 9.70. The Morgan fingerprint density at radius 3 is 2.29 bits per heavy atom. The summed E-state index contributed by atoms with van der Waals surface area (Å²) in [6, 6.07) is 15.6. The van der Waals surface area contributed by atoms with E-state index in [1.165, 1.54) is 6.92 Å². The Morgan fingerprint density at radius 2 is 1.63 bits per heavy atom. The topological polar surface area (TPSA) is 164 Å². The van der Waals surface area contributed by atoms with E-state index in [1.807, 2.05) is 0 Å². The fourth-order valence-corrected chi connectivity index (χ4v) is 10.7. The summed E-state index contributed by atoms with van der Waals surface area (Å²) in [6.07, 6.45) is -5.84. The molecule has 0 amide bonds. The second-order valence-corrected chi connectivity index (χ2v) is 19.1. The molecule has 2 aromatic carbocycles. The second-order valence-electron chi connectivity index (χ2n) is 18.6. The molecule has 2 saturated carbocycles. The Kier molecular flexibility index (Phi) is 14.1. The standard InChI is InChI=1S/C48H59ClFNO12/c1-28-38(62-44(55)37(22-30-12-8-6-9-13-30)61-43(54)35(50)18-21-51-19-10-7-11-20-51)25-48(57)24-34-33-27-58-36(33)23-39(63-45(56)59-26-31-14-16-32(49)17-15-31)47(34,5)42(53)41(60-29(2)52)40(28)46(48,3)4/h6,8-9,12-17,33-39,41,57H,7,10-11,18-27H2,1-5H3/t33?,34-,35?,36?,37-,38+,39?,41?,47-,48?/m1/s1. The lowest BCUT2D eigenvalue weighted by atomic mass is 9.47. The lowest BCUT2D eigenvalue weighted by molar-refractivity contribution is -0.246. The molecule has 5 aliphatic rings. The minimum Gasteiger partial charge on any atom is -0.455 e. The zero-order chi connectivity index (χ0) is 45.3. The Hall–Kier alpha value is -4.37. The van der Waals surface area contributed by atoms with Gasteiger partial charge in [0.25, 0.3) is 0 Å². The fraction of sp³-hybridized carbons (Fsp3) is 0.604. The number of halogens is 2. The van der Waals surface area contributed by atoms with E-state index in [0.29, 0.717) is 28.3 Å². The summed E-state index contributed by atoms with van der Waals surface area (Å²) >= 11 is 6.01. The van der Waals surface area contributed by atoms with E-state index in [1.54, 1.807) is 82.3 Å². The number of rotatable bonds is 13. The van der Waals surface area contributed by atoms with Crippen molar-refractivity contribution >= 4 is 41.4 Å². The van der Waals surface area contributed by atoms with E-state index in [9.17, 15) is 24.3 Å². The van der Waals surface area contributed by atoms with Crippen LogP contribution >= 0.6 is 11.6 Å². The number of alkyl halides is 1. The number of carbonyl (C=O) groups is 5. The number of ether oxygens (including phenoxy) is 6. The number of esters is 3. The van der Waals surface area contributed by atoms with Crippen molar-refractivity contribution in [2.75, 3.05) is 26.2 Å². The van der Waals surface area contributed by atoms with Gasteiger partial charge in [0.05, 0.1) is 23.7 Å². The number of hydrogen-bond acceptors (Lipinski definition) is 13. The van der Waals surface area contributed by atoms with E-state index in [-0.39, 0.29) is 56.8 Å². The van der Waals surface area contributed by atoms with Crippen LogP contribution in [0.1, 0.15) is 90.7 Å². The van der Waals surface area contributed by atoms with Crippen molar-refractivity contribution in [3.8, 4) is 0 Å². The number of aliphatic hydroxyl groups is 1. The summed E-state index contributed by atoms with van der Waals surface area (Å²) in [7, 11) is 0. The minimum absolute atomic E-state index is 0.00690. The highest BCUT2D eigenvalue weighted by Gasteiger charge is 2.69. The third-order valence-corrected chi connectivity index (χ3v) is 14.7. The van der Waals surface area contributed by atoms with Crippen LogP contribution in [0.2, 0.25) is 5.02 Å². The SMILES string of the molecule is CC(=O)OC1C(=O)[C@@]2(C)C(OC(=O)OCc3ccc(Cl)cc3)CC3OCC3[C@H]2CC2(O)C[C@H](OC(=O)[C@@H](Cc3ccccc3)OC(=O)C(F)CCN3CCCCC3)C(C)=C1C2(C)C. The fourth-order valence-electron chi connectivity index (χ4n) is 10.6. The van der Waals surface area contributed by atoms with Gasteiger partial charge in [-0.1, -0.05) is 74.3 Å². The average molecular weight is 896 g/mol. The summed E-state index contributed by atoms with van der Waals surface area (Å²) in [5, 5.41) is 13.6. The van der Waals surface area contributed by atoms with Crippen molar-refractivity contribution < 1.29 is 61.9 Å². The molecule has 2 bridgehead atoms. The van der Waals surface area contributed by atoms with Crippen molar-refractivity contribution in [3.05, 3.63) is 81.9 Å². The molecule has 4 fully saturated rings. The molecular weight excluding hydrogens is 837 g/mol. The van der Waals surface area contributed by atoms with Crippen LogP contribution in [0.4, 0.5) is 9.18 Å². The molecule has 6 unspecified atom stereocenters. The first-order chi connectivity index (χ1) is 29.9. The van der Waals surface area contributed by atoms with Crippen molar-refractivity contribution in [1.29, 1.82) is 0 Å². The van der Waals surface area contributed by atoms with Crippen LogP contribution in [-0.2, 0) is 60.6 Å². The summed E-state index contributed by atoms with van der Waals surface area (Å²) in [5.74, 6) is -4.36. The first kappa shape index (κ1) is 46.6. The molecule has 3 aliphatic carbocycles. The molecule has 342 valence electrons. The highest BCUT2D eigenvalue weighted by molar-refractivity contribution is 6.30. The van der Waals surface area contributed by atoms with E-state index in [0.717, 1.165) is 32.4 Å². The molecule has 7 rings (SSSR count). The van der Waals surface area contributed by atoms with Gasteiger partial charge in [-0.2, -0.15) is 0 Å². The Morgan fingerprint density at radius 1 is 0.937 bits per heavy atom. The molecule has 2 aliphatic heterocycles. The predicted octanol–water partition coefficient (Wildman–Crippen LogP) is 7.07. The highest BCUT2D eigenvalue weighted by Crippen LogP contribution is 2.62. The van der Waals surface area contributed by atoms with Gasteiger partial charge in [-0.25, -0.2) is 18.8 Å². The van der Waals surface area contributed by atoms with Gasteiger partial charge in [-0.05, 0) is 86.5 Å². The van der Waals surface area contributed by atoms with Gasteiger partial charge in [0, 0.05) is 55.5 Å². The smallest absolute Gasteiger partial charge is 0.455 e. The summed E-state index contributed by atoms with van der Waals surface area (Å²) in [4.78, 5) is 71.4. The Labute approximate surface area is 372 Å². The molecule has 0 radical (unpaired) electrons. The van der Waals surface area contributed by atoms with Gasteiger partial charge in [-0.15, -0.1) is 0 Å². The molecule has 63 heavy (non-hydrogen) atoms. The number of nitrogens with zero attached hydrogens (tertiary/aromatic N) is 1. The maximum absolute atomic E-state index is 15.4. The van der Waals surface area contributed by atoms with Crippen molar-refractivity contribution in [1.82, 2.24) is 4.90 Å². The number of hydrogen-bond donors (Lipinski definition) is 1. The molecule has 0 spiro atoms. The third-order valence-electron chi connectivity index (χ3n) is 14.5. The maximum atomic E-state index is 15.4. The zero-order valence-electron chi connectivity index (χ0n) is 36.6. The number of carbonyl (C=O) groups excluding carboxylic acids is 5. The Balaban J connectivity index is 1.18. The molecule has 2 aromatic rings. The van der Waals surface area contributed by atoms with Crippen LogP contribution in [0.15, 0.2) is 65.7 Å². The number of ketones is 1. The van der Waals surface area contributed by atoms with E-state index < -0.39 is 88.9 Å². The molecule has 13 nitrogen and oxygen atoms in total. The number of likely N-dealkylation sites (tertiary alicyclic amines) is 1. The predicted molar refractivity (Wildman–Crippen MR) is 227 cm³/mol. The second kappa shape index (κ2) is 19.0. The average Bonchev–Trinajstić information content (AvgIpc) is 3.24. The lowest BCUT2D eigenvalue weighted by Crippen LogP contribution is -2.69. The summed E-state index contributed by atoms with van der Waals surface area (Å²) in [5.41, 5.74) is -2.54. The quantitative estimate of drug-likeness (QED) is 0.124. The van der Waals surface area contributed by atoms with Crippen LogP contribution in [-0.4, -0.2) is 108 Å². The molecule has 1 N–H and O–H groups in total. The van der Waals surface area contributed by atoms with E-state index in [2.05, 4.69) is 4.90 Å². The normalized spacial score (nSPS) is 31.1. The Bertz CT molecular complexity index is 2060. The zero-order valence-corrected chi connectivity index (χ0v) is 37.4.